The van der Waals surface area contributed by atoms with Crippen molar-refractivity contribution in [2.75, 3.05) is 33.5 Å². The smallest absolute Gasteiger partial charge is 0.0638 e. The highest BCUT2D eigenvalue weighted by Gasteiger charge is 2.33. The summed E-state index contributed by atoms with van der Waals surface area (Å²) in [5, 5.41) is 0. The largest absolute Gasteiger partial charge is 0.384 e. The van der Waals surface area contributed by atoms with E-state index in [1.165, 1.54) is 0 Å². The van der Waals surface area contributed by atoms with Crippen molar-refractivity contribution in [1.29, 1.82) is 0 Å². The predicted octanol–water partition coefficient (Wildman–Crippen LogP) is 4.06. The molecular formula is C18H38O4. The van der Waals surface area contributed by atoms with Gasteiger partial charge in [0.25, 0.3) is 0 Å². The summed E-state index contributed by atoms with van der Waals surface area (Å²) >= 11 is 0. The molecule has 0 saturated carbocycles. The molecule has 0 bridgehead atoms. The van der Waals surface area contributed by atoms with E-state index in [9.17, 15) is 0 Å². The number of ether oxygens (including phenoxy) is 4. The minimum atomic E-state index is -0.245. The Balaban J connectivity index is 4.81. The molecule has 0 saturated heterocycles. The highest BCUT2D eigenvalue weighted by Crippen LogP contribution is 2.23. The molecule has 0 aliphatic heterocycles. The highest BCUT2D eigenvalue weighted by molar-refractivity contribution is 4.80. The molecule has 0 rings (SSSR count). The number of hydrogen-bond donors (Lipinski definition) is 0. The van der Waals surface area contributed by atoms with Crippen LogP contribution >= 0.6 is 0 Å². The lowest BCUT2D eigenvalue weighted by Gasteiger charge is -2.35. The van der Waals surface area contributed by atoms with Crippen LogP contribution in [0.2, 0.25) is 0 Å². The average molecular weight is 318 g/mol. The molecule has 0 N–H and O–H groups in total. The van der Waals surface area contributed by atoms with Crippen LogP contribution in [0.4, 0.5) is 0 Å². The minimum Gasteiger partial charge on any atom is -0.384 e. The van der Waals surface area contributed by atoms with E-state index in [1.54, 1.807) is 7.11 Å². The molecule has 4 heteroatoms. The molecule has 0 aromatic heterocycles. The van der Waals surface area contributed by atoms with Crippen LogP contribution in [-0.4, -0.2) is 51.8 Å². The molecule has 0 aliphatic carbocycles. The van der Waals surface area contributed by atoms with Gasteiger partial charge in [-0.25, -0.2) is 0 Å². The van der Waals surface area contributed by atoms with Crippen molar-refractivity contribution in [3.05, 3.63) is 0 Å². The van der Waals surface area contributed by atoms with E-state index in [2.05, 4.69) is 41.5 Å². The van der Waals surface area contributed by atoms with Gasteiger partial charge in [0.15, 0.2) is 0 Å². The van der Waals surface area contributed by atoms with Crippen LogP contribution < -0.4 is 0 Å². The van der Waals surface area contributed by atoms with Gasteiger partial charge >= 0.3 is 0 Å². The van der Waals surface area contributed by atoms with Crippen LogP contribution in [0.25, 0.3) is 0 Å². The van der Waals surface area contributed by atoms with E-state index in [-0.39, 0.29) is 23.7 Å². The normalized spacial score (nSPS) is 18.7. The maximum atomic E-state index is 6.00. The Hall–Kier alpha value is -0.160. The fraction of sp³-hybridized carbons (Fsp3) is 1.00. The van der Waals surface area contributed by atoms with Crippen LogP contribution in [0.15, 0.2) is 0 Å². The maximum absolute atomic E-state index is 6.00. The molecule has 0 fully saturated rings. The van der Waals surface area contributed by atoms with E-state index in [0.29, 0.717) is 26.4 Å². The molecule has 0 aromatic rings. The first-order valence-electron chi connectivity index (χ1n) is 8.76. The zero-order valence-corrected chi connectivity index (χ0v) is 15.8. The van der Waals surface area contributed by atoms with E-state index < -0.39 is 0 Å². The molecule has 3 unspecified atom stereocenters. The predicted molar refractivity (Wildman–Crippen MR) is 91.4 cm³/mol. The van der Waals surface area contributed by atoms with Crippen molar-refractivity contribution in [3.8, 4) is 0 Å². The summed E-state index contributed by atoms with van der Waals surface area (Å²) in [6, 6.07) is 0. The van der Waals surface area contributed by atoms with E-state index in [4.69, 9.17) is 18.9 Å². The third-order valence-corrected chi connectivity index (χ3v) is 4.20. The molecule has 0 amide bonds. The van der Waals surface area contributed by atoms with E-state index in [1.807, 2.05) is 0 Å². The van der Waals surface area contributed by atoms with Gasteiger partial charge in [-0.3, -0.25) is 0 Å². The Bertz CT molecular complexity index is 221. The van der Waals surface area contributed by atoms with Crippen molar-refractivity contribution < 1.29 is 18.9 Å². The molecule has 0 radical (unpaired) electrons. The first-order valence-corrected chi connectivity index (χ1v) is 8.76. The van der Waals surface area contributed by atoms with E-state index in [0.717, 1.165) is 19.3 Å². The van der Waals surface area contributed by atoms with Crippen LogP contribution in [0.1, 0.15) is 60.8 Å². The molecule has 4 nitrogen and oxygen atoms in total. The van der Waals surface area contributed by atoms with Crippen molar-refractivity contribution in [3.63, 3.8) is 0 Å². The number of methoxy groups -OCH3 is 1. The molecule has 22 heavy (non-hydrogen) atoms. The third-order valence-electron chi connectivity index (χ3n) is 4.20. The second kappa shape index (κ2) is 12.3. The lowest BCUT2D eigenvalue weighted by Crippen LogP contribution is -2.43. The lowest BCUT2D eigenvalue weighted by molar-refractivity contribution is -0.131. The summed E-state index contributed by atoms with van der Waals surface area (Å²) in [6.07, 6.45) is 3.72. The number of rotatable bonds is 14. The highest BCUT2D eigenvalue weighted by atomic mass is 16.5. The summed E-state index contributed by atoms with van der Waals surface area (Å²) in [4.78, 5) is 0. The fourth-order valence-electron chi connectivity index (χ4n) is 1.87. The molecule has 0 aliphatic rings. The van der Waals surface area contributed by atoms with Crippen molar-refractivity contribution in [1.82, 2.24) is 0 Å². The van der Waals surface area contributed by atoms with Crippen LogP contribution in [-0.2, 0) is 18.9 Å². The quantitative estimate of drug-likeness (QED) is 0.484. The van der Waals surface area contributed by atoms with Gasteiger partial charge < -0.3 is 18.9 Å². The summed E-state index contributed by atoms with van der Waals surface area (Å²) in [5.41, 5.74) is -0.245. The summed E-state index contributed by atoms with van der Waals surface area (Å²) in [6.45, 7) is 15.1. The molecule has 134 valence electrons. The van der Waals surface area contributed by atoms with Crippen LogP contribution in [0, 0.1) is 5.41 Å². The Morgan fingerprint density at radius 1 is 0.636 bits per heavy atom. The van der Waals surface area contributed by atoms with Gasteiger partial charge in [-0.1, -0.05) is 20.8 Å². The topological polar surface area (TPSA) is 36.9 Å². The van der Waals surface area contributed by atoms with Crippen molar-refractivity contribution in [2.24, 2.45) is 5.41 Å². The van der Waals surface area contributed by atoms with Gasteiger partial charge in [0, 0.05) is 7.11 Å². The standard InChI is InChI=1S/C18H38O4/c1-8-15(4)20-12-18(11-19-7,13-21-16(5)9-2)14-22-17(6)10-3/h15-17H,8-14H2,1-7H3. The van der Waals surface area contributed by atoms with Crippen LogP contribution in [0.5, 0.6) is 0 Å². The van der Waals surface area contributed by atoms with E-state index >= 15 is 0 Å². The lowest BCUT2D eigenvalue weighted by atomic mass is 9.91. The van der Waals surface area contributed by atoms with Crippen LogP contribution in [0.3, 0.4) is 0 Å². The first kappa shape index (κ1) is 21.8. The Morgan fingerprint density at radius 2 is 0.955 bits per heavy atom. The fourth-order valence-corrected chi connectivity index (χ4v) is 1.87. The van der Waals surface area contributed by atoms with Crippen molar-refractivity contribution >= 4 is 0 Å². The Kier molecular flexibility index (Phi) is 12.2. The van der Waals surface area contributed by atoms with Crippen molar-refractivity contribution in [2.45, 2.75) is 79.1 Å². The Labute approximate surface area is 137 Å². The summed E-state index contributed by atoms with van der Waals surface area (Å²) in [7, 11) is 1.73. The molecular weight excluding hydrogens is 280 g/mol. The first-order chi connectivity index (χ1) is 10.4. The second-order valence-corrected chi connectivity index (χ2v) is 6.52. The molecule has 3 atom stereocenters. The average Bonchev–Trinajstić information content (AvgIpc) is 2.54. The molecule has 0 aromatic carbocycles. The molecule has 0 spiro atoms. The second-order valence-electron chi connectivity index (χ2n) is 6.52. The summed E-state index contributed by atoms with van der Waals surface area (Å²) in [5.74, 6) is 0. The number of hydrogen-bond acceptors (Lipinski definition) is 4. The van der Waals surface area contributed by atoms with Gasteiger partial charge in [0.05, 0.1) is 50.2 Å². The SMILES string of the molecule is CCC(C)OCC(COC)(COC(C)CC)COC(C)CC. The third kappa shape index (κ3) is 9.09. The van der Waals surface area contributed by atoms with Gasteiger partial charge in [-0.15, -0.1) is 0 Å². The zero-order valence-electron chi connectivity index (χ0n) is 15.8. The van der Waals surface area contributed by atoms with Gasteiger partial charge in [0.2, 0.25) is 0 Å². The minimum absolute atomic E-state index is 0.239. The zero-order chi connectivity index (χ0) is 17.0. The molecule has 0 heterocycles. The Morgan fingerprint density at radius 3 is 1.18 bits per heavy atom. The monoisotopic (exact) mass is 318 g/mol. The van der Waals surface area contributed by atoms with Gasteiger partial charge in [-0.05, 0) is 40.0 Å². The van der Waals surface area contributed by atoms with Gasteiger partial charge in [0.1, 0.15) is 0 Å². The maximum Gasteiger partial charge on any atom is 0.0638 e. The van der Waals surface area contributed by atoms with Gasteiger partial charge in [-0.2, -0.15) is 0 Å². The summed E-state index contributed by atoms with van der Waals surface area (Å²) < 4.78 is 23.5.